The van der Waals surface area contributed by atoms with Gasteiger partial charge in [-0.15, -0.1) is 0 Å². The van der Waals surface area contributed by atoms with Crippen molar-refractivity contribution >= 4 is 11.6 Å². The summed E-state index contributed by atoms with van der Waals surface area (Å²) in [6, 6.07) is 3.47. The summed E-state index contributed by atoms with van der Waals surface area (Å²) in [4.78, 5) is 0. The van der Waals surface area contributed by atoms with E-state index in [0.717, 1.165) is 6.07 Å². The van der Waals surface area contributed by atoms with E-state index in [1.165, 1.54) is 0 Å². The maximum Gasteiger partial charge on any atom is 0.417 e. The minimum Gasteiger partial charge on any atom is -0.207 e. The van der Waals surface area contributed by atoms with Crippen molar-refractivity contribution in [3.05, 3.63) is 58.4 Å². The molecule has 0 atom stereocenters. The lowest BCUT2D eigenvalue weighted by atomic mass is 9.97. The van der Waals surface area contributed by atoms with Gasteiger partial charge in [0.25, 0.3) is 0 Å². The second-order valence-corrected chi connectivity index (χ2v) is 4.79. The summed E-state index contributed by atoms with van der Waals surface area (Å²) in [7, 11) is 0. The summed E-state index contributed by atoms with van der Waals surface area (Å²) in [5, 5.41) is -0.343. The van der Waals surface area contributed by atoms with Crippen LogP contribution in [-0.4, -0.2) is 0 Å². The first kappa shape index (κ1) is 16.6. The molecule has 0 fully saturated rings. The predicted molar refractivity (Wildman–Crippen MR) is 66.9 cm³/mol. The highest BCUT2D eigenvalue weighted by molar-refractivity contribution is 6.33. The van der Waals surface area contributed by atoms with E-state index < -0.39 is 40.4 Å². The highest BCUT2D eigenvalue weighted by atomic mass is 35.5. The molecule has 2 aromatic rings. The topological polar surface area (TPSA) is 0 Å². The first-order valence-corrected chi connectivity index (χ1v) is 6.12. The molecule has 8 heteroatoms. The molecule has 2 rings (SSSR count). The van der Waals surface area contributed by atoms with Gasteiger partial charge in [0.2, 0.25) is 0 Å². The molecule has 0 spiro atoms. The van der Waals surface area contributed by atoms with E-state index in [4.69, 9.17) is 11.6 Å². The number of rotatable bonds is 1. The van der Waals surface area contributed by atoms with Gasteiger partial charge in [-0.1, -0.05) is 11.6 Å². The van der Waals surface area contributed by atoms with Gasteiger partial charge in [0.1, 0.15) is 5.82 Å². The molecule has 0 radical (unpaired) electrons. The monoisotopic (exact) mass is 342 g/mol. The molecule has 0 heterocycles. The van der Waals surface area contributed by atoms with Gasteiger partial charge in [-0.05, 0) is 42.0 Å². The van der Waals surface area contributed by atoms with Gasteiger partial charge in [-0.2, -0.15) is 26.3 Å². The van der Waals surface area contributed by atoms with Gasteiger partial charge in [0, 0.05) is 10.6 Å². The van der Waals surface area contributed by atoms with Crippen molar-refractivity contribution < 1.29 is 30.7 Å². The summed E-state index contributed by atoms with van der Waals surface area (Å²) in [5.41, 5.74) is -3.73. The van der Waals surface area contributed by atoms with Crippen molar-refractivity contribution in [1.29, 1.82) is 0 Å². The highest BCUT2D eigenvalue weighted by Gasteiger charge is 2.36. The molecular weight excluding hydrogens is 337 g/mol. The van der Waals surface area contributed by atoms with Crippen LogP contribution in [0.4, 0.5) is 30.7 Å². The van der Waals surface area contributed by atoms with Crippen molar-refractivity contribution in [1.82, 2.24) is 0 Å². The highest BCUT2D eigenvalue weighted by Crippen LogP contribution is 2.42. The van der Waals surface area contributed by atoms with Crippen LogP contribution in [0, 0.1) is 5.82 Å². The lowest BCUT2D eigenvalue weighted by Crippen LogP contribution is -2.09. The van der Waals surface area contributed by atoms with E-state index in [-0.39, 0.29) is 5.02 Å². The van der Waals surface area contributed by atoms with E-state index in [9.17, 15) is 30.7 Å². The van der Waals surface area contributed by atoms with Crippen molar-refractivity contribution in [2.75, 3.05) is 0 Å². The molecule has 22 heavy (non-hydrogen) atoms. The second kappa shape index (κ2) is 5.46. The third-order valence-electron chi connectivity index (χ3n) is 2.87. The second-order valence-electron chi connectivity index (χ2n) is 4.38. The largest absolute Gasteiger partial charge is 0.417 e. The molecule has 0 bridgehead atoms. The van der Waals surface area contributed by atoms with Gasteiger partial charge in [-0.3, -0.25) is 0 Å². The molecule has 2 aromatic carbocycles. The smallest absolute Gasteiger partial charge is 0.207 e. The first-order valence-electron chi connectivity index (χ1n) is 5.74. The first-order chi connectivity index (χ1) is 10.00. The number of alkyl halides is 6. The van der Waals surface area contributed by atoms with Gasteiger partial charge >= 0.3 is 12.4 Å². The third kappa shape index (κ3) is 3.35. The molecule has 0 amide bonds. The van der Waals surface area contributed by atoms with Crippen molar-refractivity contribution in [3.8, 4) is 11.1 Å². The molecule has 0 aliphatic rings. The minimum atomic E-state index is -4.86. The van der Waals surface area contributed by atoms with Gasteiger partial charge in [0.15, 0.2) is 0 Å². The van der Waals surface area contributed by atoms with Crippen LogP contribution in [0.5, 0.6) is 0 Å². The van der Waals surface area contributed by atoms with Gasteiger partial charge in [0.05, 0.1) is 11.1 Å². The number of hydrogen-bond acceptors (Lipinski definition) is 0. The number of halogens is 8. The van der Waals surface area contributed by atoms with Crippen molar-refractivity contribution in [2.45, 2.75) is 12.4 Å². The molecule has 0 aliphatic carbocycles. The quantitative estimate of drug-likeness (QED) is 0.542. The summed E-state index contributed by atoms with van der Waals surface area (Å²) < 4.78 is 90.2. The van der Waals surface area contributed by atoms with E-state index in [2.05, 4.69) is 0 Å². The lowest BCUT2D eigenvalue weighted by Gasteiger charge is -2.16. The fourth-order valence-electron chi connectivity index (χ4n) is 1.89. The summed E-state index contributed by atoms with van der Waals surface area (Å²) in [6.07, 6.45) is -9.62. The van der Waals surface area contributed by atoms with Gasteiger partial charge in [-0.25, -0.2) is 4.39 Å². The SMILES string of the molecule is Fc1ccc(C(F)(F)F)c(-c2cc(C(F)(F)F)ccc2Cl)c1. The van der Waals surface area contributed by atoms with Crippen molar-refractivity contribution in [2.24, 2.45) is 0 Å². The Morgan fingerprint density at radius 2 is 1.36 bits per heavy atom. The number of hydrogen-bond donors (Lipinski definition) is 0. The summed E-state index contributed by atoms with van der Waals surface area (Å²) in [6.45, 7) is 0. The van der Waals surface area contributed by atoms with Crippen LogP contribution in [-0.2, 0) is 12.4 Å². The Hall–Kier alpha value is -1.76. The Morgan fingerprint density at radius 1 is 0.727 bits per heavy atom. The zero-order valence-electron chi connectivity index (χ0n) is 10.5. The van der Waals surface area contributed by atoms with Crippen LogP contribution in [0.15, 0.2) is 36.4 Å². The molecule has 0 aliphatic heterocycles. The zero-order valence-corrected chi connectivity index (χ0v) is 11.2. The minimum absolute atomic E-state index is 0.343. The van der Waals surface area contributed by atoms with E-state index in [1.807, 2.05) is 0 Å². The Balaban J connectivity index is 2.74. The summed E-state index contributed by atoms with van der Waals surface area (Å²) in [5.74, 6) is -1.02. The Labute approximate surface area is 125 Å². The van der Waals surface area contributed by atoms with Crippen LogP contribution in [0.1, 0.15) is 11.1 Å². The van der Waals surface area contributed by atoms with Crippen LogP contribution >= 0.6 is 11.6 Å². The molecule has 0 N–H and O–H groups in total. The Morgan fingerprint density at radius 3 is 1.91 bits per heavy atom. The fourth-order valence-corrected chi connectivity index (χ4v) is 2.11. The molecular formula is C14H6ClF7. The van der Waals surface area contributed by atoms with Crippen molar-refractivity contribution in [3.63, 3.8) is 0 Å². The van der Waals surface area contributed by atoms with Crippen LogP contribution < -0.4 is 0 Å². The molecule has 0 nitrogen and oxygen atoms in total. The number of benzene rings is 2. The fraction of sp³-hybridized carbons (Fsp3) is 0.143. The molecule has 0 saturated heterocycles. The molecule has 0 aromatic heterocycles. The molecule has 0 saturated carbocycles. The normalized spacial score (nSPS) is 12.5. The van der Waals surface area contributed by atoms with Crippen LogP contribution in [0.25, 0.3) is 11.1 Å². The maximum atomic E-state index is 13.3. The molecule has 0 unspecified atom stereocenters. The van der Waals surface area contributed by atoms with E-state index >= 15 is 0 Å². The average molecular weight is 343 g/mol. The standard InChI is InChI=1S/C14H6ClF7/c15-12-4-1-7(13(17,18)19)5-10(12)9-6-8(16)2-3-11(9)14(20,21)22/h1-6H. The summed E-state index contributed by atoms with van der Waals surface area (Å²) >= 11 is 5.70. The third-order valence-corrected chi connectivity index (χ3v) is 3.20. The zero-order chi connectivity index (χ0) is 16.7. The van der Waals surface area contributed by atoms with Crippen LogP contribution in [0.2, 0.25) is 5.02 Å². The van der Waals surface area contributed by atoms with Crippen LogP contribution in [0.3, 0.4) is 0 Å². The Kier molecular flexibility index (Phi) is 4.12. The van der Waals surface area contributed by atoms with E-state index in [1.54, 1.807) is 0 Å². The lowest BCUT2D eigenvalue weighted by molar-refractivity contribution is -0.137. The predicted octanol–water partition coefficient (Wildman–Crippen LogP) is 6.18. The maximum absolute atomic E-state index is 13.3. The Bertz CT molecular complexity index is 701. The average Bonchev–Trinajstić information content (AvgIpc) is 2.36. The van der Waals surface area contributed by atoms with Gasteiger partial charge < -0.3 is 0 Å². The van der Waals surface area contributed by atoms with E-state index in [0.29, 0.717) is 30.3 Å². The molecule has 118 valence electrons.